The number of carbonyl (C=O) groups excluding carboxylic acids is 2. The normalized spacial score (nSPS) is 24.5. The van der Waals surface area contributed by atoms with Crippen molar-refractivity contribution in [3.63, 3.8) is 0 Å². The van der Waals surface area contributed by atoms with E-state index in [0.717, 1.165) is 41.8 Å². The molecule has 0 radical (unpaired) electrons. The van der Waals surface area contributed by atoms with Crippen LogP contribution in [0, 0.1) is 0 Å². The van der Waals surface area contributed by atoms with E-state index in [4.69, 9.17) is 27.4 Å². The van der Waals surface area contributed by atoms with E-state index in [1.807, 2.05) is 0 Å². The van der Waals surface area contributed by atoms with Crippen molar-refractivity contribution in [2.75, 3.05) is 45.2 Å². The number of nitrogen functional groups attached to an aromatic ring is 1. The predicted molar refractivity (Wildman–Crippen MR) is 132 cm³/mol. The van der Waals surface area contributed by atoms with Gasteiger partial charge in [0.2, 0.25) is 10.4 Å². The van der Waals surface area contributed by atoms with E-state index >= 15 is 0 Å². The lowest BCUT2D eigenvalue weighted by Crippen LogP contribution is -2.71. The maximum atomic E-state index is 13.0. The summed E-state index contributed by atoms with van der Waals surface area (Å²) < 4.78 is 55.0. The molecular formula is C19H26N6O9S3. The molecule has 0 saturated carbocycles. The number of hydrogen-bond donors (Lipinski definition) is 4. The number of nitrogens with one attached hydrogen (secondary N) is 1. The number of carbonyl (C=O) groups is 3. The number of oxime groups is 1. The largest absolute Gasteiger partial charge is 0.726 e. The second-order valence-electron chi connectivity index (χ2n) is 8.58. The number of aliphatic carboxylic acids is 1. The van der Waals surface area contributed by atoms with Gasteiger partial charge in [-0.05, 0) is 0 Å². The van der Waals surface area contributed by atoms with Crippen LogP contribution in [-0.2, 0) is 29.6 Å². The highest BCUT2D eigenvalue weighted by molar-refractivity contribution is 8.00. The predicted octanol–water partition coefficient (Wildman–Crippen LogP) is -0.941. The zero-order chi connectivity index (χ0) is 30.0. The van der Waals surface area contributed by atoms with Crippen molar-refractivity contribution in [2.24, 2.45) is 5.16 Å². The molecule has 37 heavy (non-hydrogen) atoms. The first-order valence-electron chi connectivity index (χ1n) is 12.1. The number of thioether (sulfide) groups is 1. The van der Waals surface area contributed by atoms with Crippen LogP contribution in [0.1, 0.15) is 22.6 Å². The molecule has 5 N–H and O–H groups in total. The summed E-state index contributed by atoms with van der Waals surface area (Å²) in [7, 11) is -5.73. The average Bonchev–Trinajstić information content (AvgIpc) is 3.43. The third-order valence-corrected chi connectivity index (χ3v) is 7.88. The van der Waals surface area contributed by atoms with Crippen molar-refractivity contribution in [1.82, 2.24) is 15.2 Å². The number of hydrogen-bond acceptors (Lipinski definition) is 12. The number of fused-ring (bicyclic) bond motifs is 1. The molecule has 2 amide bonds. The second-order valence-corrected chi connectivity index (χ2v) is 11.4. The monoisotopic (exact) mass is 582 g/mol. The summed E-state index contributed by atoms with van der Waals surface area (Å²) in [6.07, 6.45) is 2.16. The molecule has 0 bridgehead atoms. The van der Waals surface area contributed by atoms with Crippen molar-refractivity contribution in [1.29, 1.82) is 0 Å². The Balaban J connectivity index is 0.000000810. The van der Waals surface area contributed by atoms with Crippen LogP contribution >= 0.6 is 23.1 Å². The van der Waals surface area contributed by atoms with Crippen molar-refractivity contribution in [3.05, 3.63) is 22.3 Å². The summed E-state index contributed by atoms with van der Waals surface area (Å²) >= 11 is 2.39. The van der Waals surface area contributed by atoms with Gasteiger partial charge in [-0.1, -0.05) is 5.16 Å². The van der Waals surface area contributed by atoms with Gasteiger partial charge in [-0.2, -0.15) is 0 Å². The number of amides is 2. The maximum Gasteiger partial charge on any atom is 0.352 e. The number of β-lactam (4-membered cyclic amide) rings is 1. The van der Waals surface area contributed by atoms with Gasteiger partial charge in [0, 0.05) is 29.5 Å². The van der Waals surface area contributed by atoms with Crippen molar-refractivity contribution in [2.45, 2.75) is 24.3 Å². The fourth-order valence-corrected chi connectivity index (χ4v) is 6.26. The topological polar surface area (TPSA) is 225 Å². The molecule has 0 aliphatic carbocycles. The number of nitrogens with two attached hydrogens (primary N) is 1. The van der Waals surface area contributed by atoms with E-state index in [9.17, 15) is 19.5 Å². The van der Waals surface area contributed by atoms with E-state index in [1.54, 1.807) is 0 Å². The first-order chi connectivity index (χ1) is 18.4. The highest BCUT2D eigenvalue weighted by atomic mass is 32.3. The number of likely N-dealkylation sites (N-methyl/N-ethyl adjacent to an activating group) is 1. The summed E-state index contributed by atoms with van der Waals surface area (Å²) in [6.45, 7) is 2.47. The molecule has 3 aliphatic heterocycles. The molecule has 3 aliphatic rings. The van der Waals surface area contributed by atoms with Crippen LogP contribution in [0.2, 0.25) is 0 Å². The fraction of sp³-hybridized carbons (Fsp3) is 0.526. The lowest BCUT2D eigenvalue weighted by Gasteiger charge is -2.49. The molecule has 204 valence electrons. The first-order valence-corrected chi connectivity index (χ1v) is 13.9. The molecule has 2 fully saturated rings. The standard InChI is InChI=1S/C19H24N6O5S2.H2O4S/c1-25(5-3-4-6-25)7-10-8-31-17-13(16(27)24(17)14(10)18(28)29)22-15(26)12(23-30-2)11-9-32-19(20)21-11;1-5(2,3)4/h9,13,17H,3-8H2,1-2H3,(H3-,20,21,22,26,28,29);(H2,1,2,3,4)/b23-12-;/t13-,17-;/m1./s1/i2+1D3;. The Labute approximate surface area is 224 Å². The fourth-order valence-electron chi connectivity index (χ4n) is 4.38. The van der Waals surface area contributed by atoms with Gasteiger partial charge in [0.05, 0.1) is 24.2 Å². The number of thiazole rings is 1. The highest BCUT2D eigenvalue weighted by Crippen LogP contribution is 2.41. The van der Waals surface area contributed by atoms with Gasteiger partial charge in [0.25, 0.3) is 11.8 Å². The summed E-state index contributed by atoms with van der Waals surface area (Å²) in [5.74, 6) is -2.22. The number of quaternary nitrogens is 1. The van der Waals surface area contributed by atoms with Crippen LogP contribution in [0.5, 0.6) is 0 Å². The smallest absolute Gasteiger partial charge is 0.352 e. The molecular weight excluding hydrogens is 553 g/mol. The molecule has 2 saturated heterocycles. The van der Waals surface area contributed by atoms with Gasteiger partial charge in [-0.15, -0.1) is 23.1 Å². The van der Waals surface area contributed by atoms with Gasteiger partial charge in [0.15, 0.2) is 10.8 Å². The molecule has 4 heterocycles. The van der Waals surface area contributed by atoms with Crippen molar-refractivity contribution >= 4 is 62.1 Å². The molecule has 4 rings (SSSR count). The molecule has 1 aromatic rings. The van der Waals surface area contributed by atoms with Gasteiger partial charge in [0.1, 0.15) is 36.4 Å². The third kappa shape index (κ3) is 6.96. The Morgan fingerprint density at radius 3 is 2.65 bits per heavy atom. The molecule has 15 nitrogen and oxygen atoms in total. The molecule has 0 aromatic carbocycles. The maximum absolute atomic E-state index is 13.0. The minimum Gasteiger partial charge on any atom is -0.726 e. The SMILES string of the molecule is O=S(=O)([O-])O.[2H][13C]([2H])([2H])O/N=C(\C(=O)N[C@@H]1C(=O)N2C(C(=O)O)=C(C[N+]3(C)CCCC3)CS[C@H]12)c1csc(N)n1. The molecule has 2 atom stereocenters. The van der Waals surface area contributed by atoms with Crippen LogP contribution < -0.4 is 11.1 Å². The van der Waals surface area contributed by atoms with E-state index in [1.165, 1.54) is 22.0 Å². The quantitative estimate of drug-likeness (QED) is 0.0581. The molecule has 0 spiro atoms. The summed E-state index contributed by atoms with van der Waals surface area (Å²) in [5.41, 5.74) is 5.82. The van der Waals surface area contributed by atoms with Crippen LogP contribution in [0.25, 0.3) is 0 Å². The Morgan fingerprint density at radius 2 is 2.11 bits per heavy atom. The van der Waals surface area contributed by atoms with Gasteiger partial charge < -0.3 is 30.0 Å². The number of aromatic nitrogens is 1. The van der Waals surface area contributed by atoms with E-state index in [-0.39, 0.29) is 16.5 Å². The van der Waals surface area contributed by atoms with Crippen LogP contribution in [0.4, 0.5) is 5.13 Å². The Hall–Kier alpha value is -2.77. The number of carboxylic acids is 1. The van der Waals surface area contributed by atoms with Crippen LogP contribution in [-0.4, -0.2) is 111 Å². The Morgan fingerprint density at radius 1 is 1.46 bits per heavy atom. The lowest BCUT2D eigenvalue weighted by molar-refractivity contribution is -0.893. The number of anilines is 1. The zero-order valence-corrected chi connectivity index (χ0v) is 21.8. The molecule has 1 aromatic heterocycles. The van der Waals surface area contributed by atoms with Crippen molar-refractivity contribution in [3.8, 4) is 0 Å². The van der Waals surface area contributed by atoms with Gasteiger partial charge in [-0.25, -0.2) is 18.2 Å². The number of likely N-dealkylation sites (tertiary alicyclic amines) is 1. The minimum atomic E-state index is -4.92. The second kappa shape index (κ2) is 11.3. The Kier molecular flexibility index (Phi) is 7.51. The number of rotatable bonds is 7. The summed E-state index contributed by atoms with van der Waals surface area (Å²) in [6, 6.07) is -1.02. The van der Waals surface area contributed by atoms with Gasteiger partial charge >= 0.3 is 5.97 Å². The Bertz CT molecular complexity index is 1330. The minimum absolute atomic E-state index is 0.00911. The third-order valence-electron chi connectivity index (χ3n) is 5.87. The van der Waals surface area contributed by atoms with Crippen molar-refractivity contribution < 1.29 is 50.4 Å². The highest BCUT2D eigenvalue weighted by Gasteiger charge is 2.55. The number of nitrogens with zero attached hydrogens (tertiary/aromatic N) is 4. The van der Waals surface area contributed by atoms with Crippen LogP contribution in [0.3, 0.4) is 0 Å². The summed E-state index contributed by atoms with van der Waals surface area (Å²) in [5, 5.41) is 16.8. The molecule has 0 unspecified atom stereocenters. The van der Waals surface area contributed by atoms with E-state index in [2.05, 4.69) is 27.3 Å². The van der Waals surface area contributed by atoms with Gasteiger partial charge in [-0.3, -0.25) is 19.0 Å². The van der Waals surface area contributed by atoms with Crippen LogP contribution in [0.15, 0.2) is 21.8 Å². The molecule has 18 heteroatoms. The lowest BCUT2D eigenvalue weighted by atomic mass is 10.0. The van der Waals surface area contributed by atoms with E-state index < -0.39 is 52.3 Å². The summed E-state index contributed by atoms with van der Waals surface area (Å²) in [4.78, 5) is 47.7. The number of carboxylic acid groups (broad SMARTS) is 1. The first kappa shape index (κ1) is 24.6. The average molecular weight is 583 g/mol. The zero-order valence-electron chi connectivity index (χ0n) is 22.3. The van der Waals surface area contributed by atoms with E-state index in [0.29, 0.717) is 17.9 Å².